The molecule has 2 unspecified atom stereocenters. The van der Waals surface area contributed by atoms with Gasteiger partial charge in [0.15, 0.2) is 0 Å². The lowest BCUT2D eigenvalue weighted by molar-refractivity contribution is -0.117. The Labute approximate surface area is 132 Å². The van der Waals surface area contributed by atoms with Crippen molar-refractivity contribution in [3.05, 3.63) is 47.5 Å². The van der Waals surface area contributed by atoms with Crippen LogP contribution in [0, 0.1) is 0 Å². The van der Waals surface area contributed by atoms with Crippen molar-refractivity contribution < 1.29 is 9.90 Å². The van der Waals surface area contributed by atoms with Crippen molar-refractivity contribution in [1.82, 2.24) is 10.2 Å². The molecule has 1 heterocycles. The van der Waals surface area contributed by atoms with Gasteiger partial charge in [0.05, 0.1) is 6.10 Å². The van der Waals surface area contributed by atoms with Gasteiger partial charge in [0, 0.05) is 31.2 Å². The first-order valence-corrected chi connectivity index (χ1v) is 8.01. The zero-order chi connectivity index (χ0) is 15.9. The lowest BCUT2D eigenvalue weighted by atomic mass is 10.1. The molecule has 0 aromatic heterocycles. The number of hydrogen-bond acceptors (Lipinski definition) is 3. The van der Waals surface area contributed by atoms with E-state index in [0.29, 0.717) is 19.5 Å². The molecule has 22 heavy (non-hydrogen) atoms. The van der Waals surface area contributed by atoms with Crippen LogP contribution in [0.1, 0.15) is 32.3 Å². The number of carbonyl (C=O) groups excluding carboxylic acids is 1. The number of β-amino-alcohol motifs (C(OH)–C–C–N with tert-alkyl or cyclic N) is 1. The fraction of sp³-hybridized carbons (Fsp3) is 0.500. The van der Waals surface area contributed by atoms with E-state index in [-0.39, 0.29) is 18.1 Å². The molecule has 4 nitrogen and oxygen atoms in total. The smallest absolute Gasteiger partial charge is 0.246 e. The highest BCUT2D eigenvalue weighted by atomic mass is 16.3. The number of benzene rings is 1. The Morgan fingerprint density at radius 3 is 2.82 bits per heavy atom. The van der Waals surface area contributed by atoms with Crippen molar-refractivity contribution in [3.8, 4) is 0 Å². The van der Waals surface area contributed by atoms with Gasteiger partial charge in [-0.2, -0.15) is 0 Å². The molecule has 0 radical (unpaired) electrons. The van der Waals surface area contributed by atoms with Gasteiger partial charge in [0.25, 0.3) is 0 Å². The average Bonchev–Trinajstić information content (AvgIpc) is 2.85. The van der Waals surface area contributed by atoms with Gasteiger partial charge in [-0.3, -0.25) is 9.69 Å². The summed E-state index contributed by atoms with van der Waals surface area (Å²) in [6.45, 7) is 5.91. The summed E-state index contributed by atoms with van der Waals surface area (Å²) < 4.78 is 0. The van der Waals surface area contributed by atoms with Crippen LogP contribution >= 0.6 is 0 Å². The van der Waals surface area contributed by atoms with Crippen molar-refractivity contribution in [2.24, 2.45) is 0 Å². The van der Waals surface area contributed by atoms with E-state index in [1.807, 2.05) is 38.1 Å². The predicted octanol–water partition coefficient (Wildman–Crippen LogP) is 2.09. The molecular weight excluding hydrogens is 276 g/mol. The summed E-state index contributed by atoms with van der Waals surface area (Å²) in [6, 6.07) is 10.4. The number of carbonyl (C=O) groups is 1. The molecule has 120 valence electrons. The lowest BCUT2D eigenvalue weighted by Gasteiger charge is -2.24. The van der Waals surface area contributed by atoms with Gasteiger partial charge in [0.1, 0.15) is 0 Å². The Morgan fingerprint density at radius 1 is 1.41 bits per heavy atom. The van der Waals surface area contributed by atoms with Crippen molar-refractivity contribution in [2.75, 3.05) is 13.1 Å². The zero-order valence-electron chi connectivity index (χ0n) is 13.5. The number of nitrogens with one attached hydrogen (secondary N) is 1. The Morgan fingerprint density at radius 2 is 2.14 bits per heavy atom. The van der Waals surface area contributed by atoms with Gasteiger partial charge < -0.3 is 10.4 Å². The van der Waals surface area contributed by atoms with Crippen LogP contribution < -0.4 is 5.32 Å². The molecule has 1 aliphatic heterocycles. The molecule has 1 aliphatic rings. The Hall–Kier alpha value is -1.65. The van der Waals surface area contributed by atoms with Crippen LogP contribution in [-0.4, -0.2) is 41.1 Å². The number of likely N-dealkylation sites (tertiary alicyclic amines) is 1. The Balaban J connectivity index is 1.91. The summed E-state index contributed by atoms with van der Waals surface area (Å²) in [6.07, 6.45) is 3.20. The second-order valence-corrected chi connectivity index (χ2v) is 5.96. The highest BCUT2D eigenvalue weighted by Crippen LogP contribution is 2.20. The normalized spacial score (nSPS) is 22.8. The number of hydrogen-bond donors (Lipinski definition) is 2. The van der Waals surface area contributed by atoms with Crippen molar-refractivity contribution >= 4 is 5.91 Å². The SMILES string of the molecule is CC/C=C(/C)C(=O)NCC1CC(O)CN1Cc1ccccc1. The largest absolute Gasteiger partial charge is 0.392 e. The van der Waals surface area contributed by atoms with E-state index in [2.05, 4.69) is 22.3 Å². The molecule has 1 fully saturated rings. The van der Waals surface area contributed by atoms with E-state index >= 15 is 0 Å². The summed E-state index contributed by atoms with van der Waals surface area (Å²) in [4.78, 5) is 14.2. The minimum absolute atomic E-state index is 0.0112. The van der Waals surface area contributed by atoms with E-state index in [1.54, 1.807) is 0 Å². The third kappa shape index (κ3) is 4.68. The predicted molar refractivity (Wildman–Crippen MR) is 88.3 cm³/mol. The van der Waals surface area contributed by atoms with Gasteiger partial charge >= 0.3 is 0 Å². The molecule has 1 amide bonds. The van der Waals surface area contributed by atoms with Crippen LogP contribution in [0.3, 0.4) is 0 Å². The minimum atomic E-state index is -0.308. The molecule has 2 rings (SSSR count). The van der Waals surface area contributed by atoms with Crippen LogP contribution in [-0.2, 0) is 11.3 Å². The summed E-state index contributed by atoms with van der Waals surface area (Å²) in [5.41, 5.74) is 1.99. The van der Waals surface area contributed by atoms with E-state index in [4.69, 9.17) is 0 Å². The summed E-state index contributed by atoms with van der Waals surface area (Å²) in [7, 11) is 0. The fourth-order valence-corrected chi connectivity index (χ4v) is 2.93. The average molecular weight is 302 g/mol. The molecule has 4 heteroatoms. The standard InChI is InChI=1S/C18H26N2O2/c1-3-7-14(2)18(22)19-11-16-10-17(21)13-20(16)12-15-8-5-4-6-9-15/h4-9,16-17,21H,3,10-13H2,1-2H3,(H,19,22)/b14-7-. The molecule has 0 spiro atoms. The van der Waals surface area contributed by atoms with Crippen LogP contribution in [0.5, 0.6) is 0 Å². The van der Waals surface area contributed by atoms with Crippen LogP contribution in [0.2, 0.25) is 0 Å². The van der Waals surface area contributed by atoms with Crippen LogP contribution in [0.15, 0.2) is 42.0 Å². The third-order valence-electron chi connectivity index (χ3n) is 4.10. The Bertz CT molecular complexity index is 513. The molecule has 2 N–H and O–H groups in total. The third-order valence-corrected chi connectivity index (χ3v) is 4.10. The molecule has 0 bridgehead atoms. The Kier molecular flexibility index (Phi) is 6.16. The van der Waals surface area contributed by atoms with Gasteiger partial charge in [-0.1, -0.05) is 43.3 Å². The van der Waals surface area contributed by atoms with Crippen molar-refractivity contribution in [3.63, 3.8) is 0 Å². The van der Waals surface area contributed by atoms with E-state index < -0.39 is 0 Å². The summed E-state index contributed by atoms with van der Waals surface area (Å²) in [5, 5.41) is 12.9. The van der Waals surface area contributed by atoms with Crippen molar-refractivity contribution in [2.45, 2.75) is 45.4 Å². The van der Waals surface area contributed by atoms with Gasteiger partial charge in [0.2, 0.25) is 5.91 Å². The maximum Gasteiger partial charge on any atom is 0.246 e. The van der Waals surface area contributed by atoms with Crippen molar-refractivity contribution in [1.29, 1.82) is 0 Å². The maximum absolute atomic E-state index is 12.0. The highest BCUT2D eigenvalue weighted by Gasteiger charge is 2.30. The fourth-order valence-electron chi connectivity index (χ4n) is 2.93. The van der Waals surface area contributed by atoms with Gasteiger partial charge in [-0.15, -0.1) is 0 Å². The summed E-state index contributed by atoms with van der Waals surface area (Å²) >= 11 is 0. The molecule has 0 aliphatic carbocycles. The maximum atomic E-state index is 12.0. The van der Waals surface area contributed by atoms with Crippen LogP contribution in [0.4, 0.5) is 0 Å². The number of rotatable bonds is 6. The van der Waals surface area contributed by atoms with E-state index in [0.717, 1.165) is 18.5 Å². The first-order valence-electron chi connectivity index (χ1n) is 8.01. The second-order valence-electron chi connectivity index (χ2n) is 5.96. The summed E-state index contributed by atoms with van der Waals surface area (Å²) in [5.74, 6) is -0.0112. The van der Waals surface area contributed by atoms with E-state index in [1.165, 1.54) is 5.56 Å². The minimum Gasteiger partial charge on any atom is -0.392 e. The number of allylic oxidation sites excluding steroid dienone is 1. The number of amides is 1. The zero-order valence-corrected chi connectivity index (χ0v) is 13.5. The number of nitrogens with zero attached hydrogens (tertiary/aromatic N) is 1. The molecule has 2 atom stereocenters. The number of aliphatic hydroxyl groups is 1. The van der Waals surface area contributed by atoms with Crippen LogP contribution in [0.25, 0.3) is 0 Å². The van der Waals surface area contributed by atoms with Gasteiger partial charge in [-0.05, 0) is 25.3 Å². The topological polar surface area (TPSA) is 52.6 Å². The monoisotopic (exact) mass is 302 g/mol. The highest BCUT2D eigenvalue weighted by molar-refractivity contribution is 5.92. The molecule has 0 saturated carbocycles. The first kappa shape index (κ1) is 16.7. The second kappa shape index (κ2) is 8.11. The molecule has 1 aromatic carbocycles. The van der Waals surface area contributed by atoms with Gasteiger partial charge in [-0.25, -0.2) is 0 Å². The lowest BCUT2D eigenvalue weighted by Crippen LogP contribution is -2.40. The first-order chi connectivity index (χ1) is 10.6. The molecular formula is C18H26N2O2. The molecule has 1 saturated heterocycles. The molecule has 1 aromatic rings. The van der Waals surface area contributed by atoms with E-state index in [9.17, 15) is 9.90 Å². The number of aliphatic hydroxyl groups excluding tert-OH is 1. The quantitative estimate of drug-likeness (QED) is 0.791.